The molecule has 3 rings (SSSR count). The van der Waals surface area contributed by atoms with Crippen molar-refractivity contribution in [2.75, 3.05) is 12.4 Å². The van der Waals surface area contributed by atoms with Gasteiger partial charge in [0.05, 0.1) is 12.7 Å². The number of thiocarbonyl (C=S) groups is 1. The molecule has 0 spiro atoms. The minimum atomic E-state index is -0.943. The predicted octanol–water partition coefficient (Wildman–Crippen LogP) is 3.11. The maximum atomic E-state index is 11.0. The number of carbonyl (C=O) groups is 1. The second-order valence-electron chi connectivity index (χ2n) is 5.31. The molecule has 23 heavy (non-hydrogen) atoms. The van der Waals surface area contributed by atoms with Crippen molar-refractivity contribution in [2.24, 2.45) is 0 Å². The van der Waals surface area contributed by atoms with Crippen molar-refractivity contribution in [1.29, 1.82) is 0 Å². The smallest absolute Gasteiger partial charge is 0.335 e. The number of rotatable bonds is 4. The fourth-order valence-corrected chi connectivity index (χ4v) is 2.75. The average molecular weight is 328 g/mol. The van der Waals surface area contributed by atoms with Crippen molar-refractivity contribution in [3.8, 4) is 5.75 Å². The zero-order chi connectivity index (χ0) is 16.4. The summed E-state index contributed by atoms with van der Waals surface area (Å²) in [5.74, 6) is -0.124. The highest BCUT2D eigenvalue weighted by atomic mass is 32.1. The highest BCUT2D eigenvalue weighted by Crippen LogP contribution is 2.26. The van der Waals surface area contributed by atoms with E-state index in [0.717, 1.165) is 22.6 Å². The Bertz CT molecular complexity index is 759. The van der Waals surface area contributed by atoms with E-state index in [0.29, 0.717) is 18.2 Å². The SMILES string of the molecule is COc1ccc(CN2Cc3ccc(C(=O)O)cc3NC2=S)cc1. The molecule has 1 aliphatic rings. The number of aromatic carboxylic acids is 1. The molecule has 0 fully saturated rings. The number of carboxylic acids is 1. The van der Waals surface area contributed by atoms with Gasteiger partial charge in [0, 0.05) is 18.8 Å². The highest BCUT2D eigenvalue weighted by Gasteiger charge is 2.21. The number of methoxy groups -OCH3 is 1. The van der Waals surface area contributed by atoms with Crippen LogP contribution >= 0.6 is 12.2 Å². The van der Waals surface area contributed by atoms with Crippen molar-refractivity contribution in [3.05, 3.63) is 59.2 Å². The van der Waals surface area contributed by atoms with Gasteiger partial charge in [-0.1, -0.05) is 18.2 Å². The quantitative estimate of drug-likeness (QED) is 0.841. The normalized spacial score (nSPS) is 13.3. The zero-order valence-electron chi connectivity index (χ0n) is 12.6. The highest BCUT2D eigenvalue weighted by molar-refractivity contribution is 7.80. The van der Waals surface area contributed by atoms with Crippen LogP contribution in [-0.2, 0) is 13.1 Å². The summed E-state index contributed by atoms with van der Waals surface area (Å²) in [7, 11) is 1.64. The molecule has 1 aliphatic heterocycles. The fourth-order valence-electron chi connectivity index (χ4n) is 2.51. The van der Waals surface area contributed by atoms with E-state index in [-0.39, 0.29) is 5.56 Å². The first-order chi connectivity index (χ1) is 11.1. The van der Waals surface area contributed by atoms with Gasteiger partial charge in [0.15, 0.2) is 5.11 Å². The Morgan fingerprint density at radius 2 is 2.04 bits per heavy atom. The van der Waals surface area contributed by atoms with Crippen molar-refractivity contribution in [2.45, 2.75) is 13.1 Å². The molecule has 118 valence electrons. The molecule has 0 atom stereocenters. The van der Waals surface area contributed by atoms with E-state index in [9.17, 15) is 4.79 Å². The van der Waals surface area contributed by atoms with Crippen LogP contribution in [0.15, 0.2) is 42.5 Å². The Balaban J connectivity index is 1.77. The van der Waals surface area contributed by atoms with E-state index in [2.05, 4.69) is 5.32 Å². The van der Waals surface area contributed by atoms with Crippen LogP contribution in [0.4, 0.5) is 5.69 Å². The molecule has 0 unspecified atom stereocenters. The molecule has 2 aromatic rings. The van der Waals surface area contributed by atoms with E-state index in [1.807, 2.05) is 35.2 Å². The van der Waals surface area contributed by atoms with Gasteiger partial charge in [0.25, 0.3) is 0 Å². The first-order valence-corrected chi connectivity index (χ1v) is 7.53. The van der Waals surface area contributed by atoms with Crippen LogP contribution in [0.2, 0.25) is 0 Å². The van der Waals surface area contributed by atoms with Gasteiger partial charge in [-0.25, -0.2) is 4.79 Å². The molecule has 0 bridgehead atoms. The van der Waals surface area contributed by atoms with Crippen molar-refractivity contribution >= 4 is 29.0 Å². The number of hydrogen-bond acceptors (Lipinski definition) is 3. The molecule has 6 heteroatoms. The van der Waals surface area contributed by atoms with Crippen LogP contribution in [0.3, 0.4) is 0 Å². The maximum absolute atomic E-state index is 11.0. The number of carboxylic acid groups (broad SMARTS) is 1. The summed E-state index contributed by atoms with van der Waals surface area (Å²) < 4.78 is 5.16. The van der Waals surface area contributed by atoms with Gasteiger partial charge in [-0.3, -0.25) is 0 Å². The van der Waals surface area contributed by atoms with Gasteiger partial charge < -0.3 is 20.1 Å². The van der Waals surface area contributed by atoms with Gasteiger partial charge >= 0.3 is 5.97 Å². The molecule has 0 saturated heterocycles. The number of hydrogen-bond donors (Lipinski definition) is 2. The summed E-state index contributed by atoms with van der Waals surface area (Å²) in [5, 5.41) is 12.8. The van der Waals surface area contributed by atoms with Crippen LogP contribution in [-0.4, -0.2) is 28.2 Å². The molecule has 0 aromatic heterocycles. The van der Waals surface area contributed by atoms with Gasteiger partial charge in [0.1, 0.15) is 5.75 Å². The summed E-state index contributed by atoms with van der Waals surface area (Å²) in [6.07, 6.45) is 0. The third-order valence-electron chi connectivity index (χ3n) is 3.78. The molecule has 0 saturated carbocycles. The molecule has 0 amide bonds. The maximum Gasteiger partial charge on any atom is 0.335 e. The summed E-state index contributed by atoms with van der Waals surface area (Å²) in [6.45, 7) is 1.32. The first-order valence-electron chi connectivity index (χ1n) is 7.12. The Morgan fingerprint density at radius 3 is 2.70 bits per heavy atom. The molecular weight excluding hydrogens is 312 g/mol. The van der Waals surface area contributed by atoms with E-state index < -0.39 is 5.97 Å². The van der Waals surface area contributed by atoms with Crippen LogP contribution < -0.4 is 10.1 Å². The topological polar surface area (TPSA) is 61.8 Å². The number of benzene rings is 2. The predicted molar refractivity (Wildman–Crippen MR) is 91.9 cm³/mol. The second kappa shape index (κ2) is 6.26. The van der Waals surface area contributed by atoms with Crippen LogP contribution in [0, 0.1) is 0 Å². The summed E-state index contributed by atoms with van der Waals surface area (Å²) >= 11 is 5.40. The minimum Gasteiger partial charge on any atom is -0.497 e. The van der Waals surface area contributed by atoms with Gasteiger partial charge in [0.2, 0.25) is 0 Å². The monoisotopic (exact) mass is 328 g/mol. The van der Waals surface area contributed by atoms with Crippen molar-refractivity contribution in [3.63, 3.8) is 0 Å². The zero-order valence-corrected chi connectivity index (χ0v) is 13.4. The van der Waals surface area contributed by atoms with Crippen molar-refractivity contribution < 1.29 is 14.6 Å². The first kappa shape index (κ1) is 15.3. The molecule has 2 N–H and O–H groups in total. The molecule has 5 nitrogen and oxygen atoms in total. The van der Waals surface area contributed by atoms with Crippen LogP contribution in [0.5, 0.6) is 5.75 Å². The molecule has 0 radical (unpaired) electrons. The lowest BCUT2D eigenvalue weighted by Crippen LogP contribution is -2.37. The lowest BCUT2D eigenvalue weighted by molar-refractivity contribution is 0.0697. The second-order valence-corrected chi connectivity index (χ2v) is 5.70. The molecule has 2 aromatic carbocycles. The fraction of sp³-hybridized carbons (Fsp3) is 0.176. The molecule has 0 aliphatic carbocycles. The summed E-state index contributed by atoms with van der Waals surface area (Å²) in [6, 6.07) is 12.9. The van der Waals surface area contributed by atoms with Crippen LogP contribution in [0.25, 0.3) is 0 Å². The largest absolute Gasteiger partial charge is 0.497 e. The Morgan fingerprint density at radius 1 is 1.30 bits per heavy atom. The Kier molecular flexibility index (Phi) is 4.16. The third-order valence-corrected chi connectivity index (χ3v) is 4.14. The van der Waals surface area contributed by atoms with E-state index in [1.165, 1.54) is 0 Å². The van der Waals surface area contributed by atoms with E-state index >= 15 is 0 Å². The summed E-state index contributed by atoms with van der Waals surface area (Å²) in [4.78, 5) is 13.1. The number of anilines is 1. The number of nitrogens with one attached hydrogen (secondary N) is 1. The van der Waals surface area contributed by atoms with Crippen molar-refractivity contribution in [1.82, 2.24) is 4.90 Å². The Hall–Kier alpha value is -2.60. The number of fused-ring (bicyclic) bond motifs is 1. The standard InChI is InChI=1S/C17H16N2O3S/c1-22-14-6-2-11(3-7-14)9-19-10-13-5-4-12(16(20)21)8-15(13)18-17(19)23/h2-8H,9-10H2,1H3,(H,18,23)(H,20,21). The van der Waals surface area contributed by atoms with Gasteiger partial charge in [-0.15, -0.1) is 0 Å². The van der Waals surface area contributed by atoms with E-state index in [1.54, 1.807) is 19.2 Å². The van der Waals surface area contributed by atoms with Gasteiger partial charge in [-0.2, -0.15) is 0 Å². The molecular formula is C17H16N2O3S. The molecule has 1 heterocycles. The van der Waals surface area contributed by atoms with Crippen LogP contribution in [0.1, 0.15) is 21.5 Å². The lowest BCUT2D eigenvalue weighted by atomic mass is 10.1. The number of ether oxygens (including phenoxy) is 1. The number of nitrogens with zero attached hydrogens (tertiary/aromatic N) is 1. The van der Waals surface area contributed by atoms with Gasteiger partial charge in [-0.05, 0) is 47.6 Å². The van der Waals surface area contributed by atoms with E-state index in [4.69, 9.17) is 22.1 Å². The average Bonchev–Trinajstić information content (AvgIpc) is 2.55. The minimum absolute atomic E-state index is 0.252. The third kappa shape index (κ3) is 3.27. The Labute approximate surface area is 139 Å². The lowest BCUT2D eigenvalue weighted by Gasteiger charge is -2.32. The summed E-state index contributed by atoms with van der Waals surface area (Å²) in [5.41, 5.74) is 3.17.